The molecule has 3 aromatic rings. The number of rotatable bonds is 4. The van der Waals surface area contributed by atoms with E-state index >= 15 is 0 Å². The molecule has 7 nitrogen and oxygen atoms in total. The Bertz CT molecular complexity index is 1340. The van der Waals surface area contributed by atoms with E-state index in [9.17, 15) is 9.59 Å². The Morgan fingerprint density at radius 3 is 2.70 bits per heavy atom. The number of methoxy groups -OCH3 is 1. The minimum Gasteiger partial charge on any atom is -0.468 e. The number of esters is 1. The molecule has 1 aromatic heterocycles. The number of H-pyrrole nitrogens is 1. The minimum absolute atomic E-state index is 0.00549. The molecule has 0 unspecified atom stereocenters. The molecule has 2 fully saturated rings. The van der Waals surface area contributed by atoms with Gasteiger partial charge in [-0.25, -0.2) is 0 Å². The number of halogens is 1. The number of piperidine rings is 1. The summed E-state index contributed by atoms with van der Waals surface area (Å²) in [5.74, 6) is -0.173. The van der Waals surface area contributed by atoms with Gasteiger partial charge in [-0.1, -0.05) is 41.9 Å². The molecule has 2 N–H and O–H groups in total. The van der Waals surface area contributed by atoms with Crippen LogP contribution in [0.25, 0.3) is 10.9 Å². The van der Waals surface area contributed by atoms with E-state index in [1.54, 1.807) is 6.92 Å². The van der Waals surface area contributed by atoms with Gasteiger partial charge in [-0.3, -0.25) is 19.4 Å². The van der Waals surface area contributed by atoms with Crippen molar-refractivity contribution in [1.29, 1.82) is 0 Å². The number of para-hydroxylation sites is 1. The molecule has 5 atom stereocenters. The van der Waals surface area contributed by atoms with E-state index in [0.717, 1.165) is 43.4 Å². The number of nitrogens with one attached hydrogen (secondary N) is 2. The fourth-order valence-corrected chi connectivity index (χ4v) is 7.18. The number of aromatic nitrogens is 1. The fraction of sp³-hybridized carbons (Fsp3) is 0.448. The highest BCUT2D eigenvalue weighted by Gasteiger charge is 2.49. The van der Waals surface area contributed by atoms with E-state index in [2.05, 4.69) is 44.4 Å². The second-order valence-electron chi connectivity index (χ2n) is 10.6. The molecule has 0 bridgehead atoms. The maximum atomic E-state index is 13.3. The minimum atomic E-state index is -0.377. The Morgan fingerprint density at radius 2 is 1.92 bits per heavy atom. The Labute approximate surface area is 222 Å². The molecule has 0 saturated carbocycles. The van der Waals surface area contributed by atoms with Gasteiger partial charge in [0.25, 0.3) is 0 Å². The second-order valence-corrected chi connectivity index (χ2v) is 11.1. The van der Waals surface area contributed by atoms with Crippen molar-refractivity contribution in [1.82, 2.24) is 20.1 Å². The molecule has 2 aromatic carbocycles. The summed E-state index contributed by atoms with van der Waals surface area (Å²) in [6, 6.07) is 16.5. The van der Waals surface area contributed by atoms with E-state index < -0.39 is 0 Å². The molecule has 194 valence electrons. The van der Waals surface area contributed by atoms with Crippen LogP contribution >= 0.6 is 11.6 Å². The summed E-state index contributed by atoms with van der Waals surface area (Å²) in [5.41, 5.74) is 4.64. The van der Waals surface area contributed by atoms with E-state index in [1.807, 2.05) is 24.3 Å². The number of likely N-dealkylation sites (tertiary alicyclic amines) is 1. The number of carbonyl (C=O) groups excluding carboxylic acids is 2. The van der Waals surface area contributed by atoms with Gasteiger partial charge in [-0.05, 0) is 48.6 Å². The average molecular weight is 521 g/mol. The third kappa shape index (κ3) is 4.43. The highest BCUT2D eigenvalue weighted by atomic mass is 35.5. The summed E-state index contributed by atoms with van der Waals surface area (Å²) in [4.78, 5) is 33.6. The zero-order chi connectivity index (χ0) is 25.7. The monoisotopic (exact) mass is 520 g/mol. The number of ether oxygens (including phenoxy) is 1. The lowest BCUT2D eigenvalue weighted by Gasteiger charge is -2.52. The number of amides is 1. The van der Waals surface area contributed by atoms with Gasteiger partial charge in [0.15, 0.2) is 0 Å². The van der Waals surface area contributed by atoms with Crippen LogP contribution < -0.4 is 5.32 Å². The number of aromatic amines is 1. The molecular formula is C29H33ClN4O3. The van der Waals surface area contributed by atoms with E-state index in [1.165, 1.54) is 23.8 Å². The first-order valence-electron chi connectivity index (χ1n) is 13.1. The van der Waals surface area contributed by atoms with Gasteiger partial charge >= 0.3 is 5.97 Å². The number of carbonyl (C=O) groups is 2. The summed E-state index contributed by atoms with van der Waals surface area (Å²) in [7, 11) is 1.48. The number of benzene rings is 2. The highest BCUT2D eigenvalue weighted by molar-refractivity contribution is 6.30. The van der Waals surface area contributed by atoms with E-state index in [0.29, 0.717) is 17.5 Å². The molecule has 4 heterocycles. The average Bonchev–Trinajstić information content (AvgIpc) is 3.51. The van der Waals surface area contributed by atoms with Gasteiger partial charge < -0.3 is 15.0 Å². The lowest BCUT2D eigenvalue weighted by molar-refractivity contribution is -0.152. The third-order valence-corrected chi connectivity index (χ3v) is 8.73. The summed E-state index contributed by atoms with van der Waals surface area (Å²) >= 11 is 6.46. The quantitative estimate of drug-likeness (QED) is 0.499. The van der Waals surface area contributed by atoms with Gasteiger partial charge in [0.2, 0.25) is 5.91 Å². The summed E-state index contributed by atoms with van der Waals surface area (Å²) in [6.07, 6.45) is 3.34. The number of hydrogen-bond donors (Lipinski definition) is 2. The molecule has 3 aliphatic heterocycles. The number of nitrogens with zero attached hydrogens (tertiary/aromatic N) is 2. The largest absolute Gasteiger partial charge is 0.468 e. The lowest BCUT2D eigenvalue weighted by Crippen LogP contribution is -2.56. The maximum Gasteiger partial charge on any atom is 0.323 e. The smallest absolute Gasteiger partial charge is 0.323 e. The third-order valence-electron chi connectivity index (χ3n) is 8.50. The van der Waals surface area contributed by atoms with Crippen molar-refractivity contribution in [3.05, 3.63) is 70.4 Å². The van der Waals surface area contributed by atoms with Crippen LogP contribution in [-0.2, 0) is 20.7 Å². The van der Waals surface area contributed by atoms with Crippen LogP contribution in [0, 0.1) is 0 Å². The first-order chi connectivity index (χ1) is 17.9. The molecule has 6 rings (SSSR count). The zero-order valence-corrected chi connectivity index (χ0v) is 22.0. The van der Waals surface area contributed by atoms with Crippen LogP contribution in [0.4, 0.5) is 0 Å². The molecule has 2 saturated heterocycles. The Balaban J connectivity index is 1.44. The molecule has 1 amide bonds. The van der Waals surface area contributed by atoms with Crippen LogP contribution in [0.5, 0.6) is 0 Å². The van der Waals surface area contributed by atoms with Crippen molar-refractivity contribution < 1.29 is 14.3 Å². The van der Waals surface area contributed by atoms with Crippen LogP contribution in [0.3, 0.4) is 0 Å². The van der Waals surface area contributed by atoms with Crippen molar-refractivity contribution in [2.45, 2.75) is 62.8 Å². The number of fused-ring (bicyclic) bond motifs is 5. The fourth-order valence-electron chi connectivity index (χ4n) is 6.98. The lowest BCUT2D eigenvalue weighted by atomic mass is 9.79. The summed E-state index contributed by atoms with van der Waals surface area (Å²) < 4.78 is 5.36. The van der Waals surface area contributed by atoms with Crippen molar-refractivity contribution in [2.24, 2.45) is 0 Å². The standard InChI is InChI=1S/C29H33ClN4O3/c1-17(35)31-20-10-11-33(16-20)21-13-25(18-6-5-7-19(30)12-18)34-26(14-21)28-23(15-27(34)29(36)37-2)22-8-3-4-9-24(22)32-28/h3-9,12,20-21,25-27,32H,10-11,13-16H2,1-2H3,(H,31,35)/t20-,21-,25-,26-,27-/m0/s1. The van der Waals surface area contributed by atoms with Gasteiger partial charge in [0.1, 0.15) is 6.04 Å². The van der Waals surface area contributed by atoms with Crippen molar-refractivity contribution >= 4 is 34.4 Å². The first kappa shape index (κ1) is 24.5. The maximum absolute atomic E-state index is 13.3. The SMILES string of the molecule is COC(=O)[C@@H]1Cc2c([nH]c3ccccc23)[C@@H]2C[C@@H](N3CC[C@H](NC(C)=O)C3)C[C@@H](c3cccc(Cl)c3)N12. The predicted octanol–water partition coefficient (Wildman–Crippen LogP) is 4.38. The van der Waals surface area contributed by atoms with Crippen molar-refractivity contribution in [3.63, 3.8) is 0 Å². The van der Waals surface area contributed by atoms with Gasteiger partial charge in [0, 0.05) is 66.2 Å². The molecule has 3 aliphatic rings. The van der Waals surface area contributed by atoms with Gasteiger partial charge in [0.05, 0.1) is 13.2 Å². The topological polar surface area (TPSA) is 77.7 Å². The molecule has 37 heavy (non-hydrogen) atoms. The Kier molecular flexibility index (Phi) is 6.47. The van der Waals surface area contributed by atoms with Crippen LogP contribution in [0.1, 0.15) is 55.1 Å². The predicted molar refractivity (Wildman–Crippen MR) is 143 cm³/mol. The van der Waals surface area contributed by atoms with E-state index in [-0.39, 0.29) is 36.0 Å². The molecule has 0 spiro atoms. The molecule has 0 radical (unpaired) electrons. The van der Waals surface area contributed by atoms with Gasteiger partial charge in [-0.15, -0.1) is 0 Å². The molecular weight excluding hydrogens is 488 g/mol. The van der Waals surface area contributed by atoms with Crippen molar-refractivity contribution in [3.8, 4) is 0 Å². The molecule has 0 aliphatic carbocycles. The van der Waals surface area contributed by atoms with E-state index in [4.69, 9.17) is 16.3 Å². The van der Waals surface area contributed by atoms with Crippen LogP contribution in [0.15, 0.2) is 48.5 Å². The Morgan fingerprint density at radius 1 is 1.11 bits per heavy atom. The normalized spacial score (nSPS) is 28.0. The van der Waals surface area contributed by atoms with Gasteiger partial charge in [-0.2, -0.15) is 0 Å². The second kappa shape index (κ2) is 9.78. The first-order valence-corrected chi connectivity index (χ1v) is 13.5. The summed E-state index contributed by atoms with van der Waals surface area (Å²) in [6.45, 7) is 3.38. The zero-order valence-electron chi connectivity index (χ0n) is 21.2. The Hall–Kier alpha value is -2.87. The van der Waals surface area contributed by atoms with Crippen molar-refractivity contribution in [2.75, 3.05) is 20.2 Å². The number of hydrogen-bond acceptors (Lipinski definition) is 5. The highest BCUT2D eigenvalue weighted by Crippen LogP contribution is 2.50. The molecule has 8 heteroatoms. The summed E-state index contributed by atoms with van der Waals surface area (Å²) in [5, 5.41) is 4.98. The van der Waals surface area contributed by atoms with Crippen LogP contribution in [0.2, 0.25) is 5.02 Å². The van der Waals surface area contributed by atoms with Crippen LogP contribution in [-0.4, -0.2) is 65.0 Å².